The fourth-order valence-electron chi connectivity index (χ4n) is 2.88. The molecule has 2 aromatic heterocycles. The van der Waals surface area contributed by atoms with E-state index in [1.54, 1.807) is 0 Å². The maximum absolute atomic E-state index is 12.4. The molecule has 0 radical (unpaired) electrons. The largest absolute Gasteiger partial charge is 0.398 e. The lowest BCUT2D eigenvalue weighted by Crippen LogP contribution is -2.17. The van der Waals surface area contributed by atoms with Gasteiger partial charge in [0.2, 0.25) is 0 Å². The Bertz CT molecular complexity index is 1130. The molecule has 1 aliphatic carbocycles. The van der Waals surface area contributed by atoms with Crippen LogP contribution in [-0.2, 0) is 6.54 Å². The number of nitrogens with one attached hydrogen (secondary N) is 2. The van der Waals surface area contributed by atoms with Crippen molar-refractivity contribution in [1.29, 1.82) is 0 Å². The molecule has 0 bridgehead atoms. The SMILES string of the molecule is Cc1ccc(NCc2cc(=O)n3[nH]c(C4=CCC=CC=C4N)nc3n2)cc1. The van der Waals surface area contributed by atoms with Crippen LogP contribution in [0.1, 0.15) is 23.5 Å². The van der Waals surface area contributed by atoms with Crippen LogP contribution >= 0.6 is 0 Å². The van der Waals surface area contributed by atoms with Crippen molar-refractivity contribution in [1.82, 2.24) is 19.6 Å². The van der Waals surface area contributed by atoms with Gasteiger partial charge in [0.15, 0.2) is 5.82 Å². The average Bonchev–Trinajstić information content (AvgIpc) is 2.96. The Balaban J connectivity index is 1.62. The van der Waals surface area contributed by atoms with Crippen molar-refractivity contribution in [2.24, 2.45) is 5.73 Å². The number of aryl methyl sites for hydroxylation is 1. The molecule has 0 fully saturated rings. The topological polar surface area (TPSA) is 101 Å². The zero-order valence-electron chi connectivity index (χ0n) is 14.9. The molecule has 7 heteroatoms. The molecule has 7 nitrogen and oxygen atoms in total. The molecule has 3 aromatic rings. The zero-order valence-corrected chi connectivity index (χ0v) is 14.9. The number of anilines is 1. The fourth-order valence-corrected chi connectivity index (χ4v) is 2.88. The molecule has 1 aliphatic rings. The van der Waals surface area contributed by atoms with Gasteiger partial charge in [-0.2, -0.15) is 9.50 Å². The molecule has 0 spiro atoms. The van der Waals surface area contributed by atoms with Gasteiger partial charge in [0, 0.05) is 23.0 Å². The number of aromatic amines is 1. The first-order chi connectivity index (χ1) is 13.1. The summed E-state index contributed by atoms with van der Waals surface area (Å²) < 4.78 is 1.33. The van der Waals surface area contributed by atoms with E-state index in [9.17, 15) is 4.79 Å². The second-order valence-corrected chi connectivity index (χ2v) is 6.42. The minimum Gasteiger partial charge on any atom is -0.398 e. The quantitative estimate of drug-likeness (QED) is 0.664. The molecule has 1 aromatic carbocycles. The Morgan fingerprint density at radius 1 is 1.26 bits per heavy atom. The van der Waals surface area contributed by atoms with E-state index in [1.807, 2.05) is 55.5 Å². The summed E-state index contributed by atoms with van der Waals surface area (Å²) in [7, 11) is 0. The van der Waals surface area contributed by atoms with E-state index in [0.29, 0.717) is 29.5 Å². The van der Waals surface area contributed by atoms with E-state index in [4.69, 9.17) is 5.73 Å². The zero-order chi connectivity index (χ0) is 18.8. The minimum atomic E-state index is -0.214. The number of nitrogens with two attached hydrogens (primary N) is 1. The summed E-state index contributed by atoms with van der Waals surface area (Å²) in [4.78, 5) is 21.4. The van der Waals surface area contributed by atoms with Crippen LogP contribution in [0, 0.1) is 6.92 Å². The van der Waals surface area contributed by atoms with Crippen molar-refractivity contribution < 1.29 is 0 Å². The normalized spacial score (nSPS) is 14.0. The van der Waals surface area contributed by atoms with Gasteiger partial charge in [-0.25, -0.2) is 4.98 Å². The number of nitrogens with zero attached hydrogens (tertiary/aromatic N) is 3. The Labute approximate surface area is 155 Å². The first-order valence-corrected chi connectivity index (χ1v) is 8.72. The van der Waals surface area contributed by atoms with Crippen molar-refractivity contribution >= 4 is 17.0 Å². The standard InChI is InChI=1S/C20H20N6O/c1-13-7-9-14(10-8-13)22-12-15-11-18(27)26-20(23-15)24-19(25-26)16-5-3-2-4-6-17(16)21/h2,4-11,22H,3,12,21H2,1H3,(H,23,24,25). The number of hydrogen-bond acceptors (Lipinski definition) is 5. The molecule has 136 valence electrons. The molecule has 0 atom stereocenters. The third-order valence-corrected chi connectivity index (χ3v) is 4.34. The number of fused-ring (bicyclic) bond motifs is 1. The van der Waals surface area contributed by atoms with Crippen LogP contribution in [0.5, 0.6) is 0 Å². The van der Waals surface area contributed by atoms with E-state index in [0.717, 1.165) is 17.7 Å². The lowest BCUT2D eigenvalue weighted by Gasteiger charge is -2.06. The molecule has 0 aliphatic heterocycles. The third-order valence-electron chi connectivity index (χ3n) is 4.34. The summed E-state index contributed by atoms with van der Waals surface area (Å²) in [5.74, 6) is 0.852. The predicted molar refractivity (Wildman–Crippen MR) is 106 cm³/mol. The van der Waals surface area contributed by atoms with Crippen LogP contribution in [0.2, 0.25) is 0 Å². The second kappa shape index (κ2) is 6.95. The Kier molecular flexibility index (Phi) is 4.33. The van der Waals surface area contributed by atoms with E-state index in [2.05, 4.69) is 20.4 Å². The van der Waals surface area contributed by atoms with Crippen molar-refractivity contribution in [3.63, 3.8) is 0 Å². The van der Waals surface area contributed by atoms with Gasteiger partial charge in [0.05, 0.1) is 12.2 Å². The van der Waals surface area contributed by atoms with Crippen LogP contribution in [0.25, 0.3) is 11.4 Å². The molecule has 0 saturated carbocycles. The van der Waals surface area contributed by atoms with Crippen LogP contribution < -0.4 is 16.6 Å². The molecular formula is C20H20N6O. The summed E-state index contributed by atoms with van der Waals surface area (Å²) >= 11 is 0. The molecule has 0 amide bonds. The molecule has 0 unspecified atom stereocenters. The highest BCUT2D eigenvalue weighted by molar-refractivity contribution is 5.75. The summed E-state index contributed by atoms with van der Waals surface area (Å²) in [6.45, 7) is 2.47. The van der Waals surface area contributed by atoms with Crippen molar-refractivity contribution in [2.45, 2.75) is 19.9 Å². The molecule has 4 rings (SSSR count). The lowest BCUT2D eigenvalue weighted by molar-refractivity contribution is 0.871. The fraction of sp³-hybridized carbons (Fsp3) is 0.150. The smallest absolute Gasteiger partial charge is 0.274 e. The van der Waals surface area contributed by atoms with Gasteiger partial charge in [-0.3, -0.25) is 9.89 Å². The van der Waals surface area contributed by atoms with Crippen LogP contribution in [0.3, 0.4) is 0 Å². The first-order valence-electron chi connectivity index (χ1n) is 8.72. The van der Waals surface area contributed by atoms with Gasteiger partial charge in [0.1, 0.15) is 0 Å². The minimum absolute atomic E-state index is 0.214. The van der Waals surface area contributed by atoms with Crippen molar-refractivity contribution in [3.8, 4) is 0 Å². The highest BCUT2D eigenvalue weighted by atomic mass is 16.1. The van der Waals surface area contributed by atoms with Gasteiger partial charge < -0.3 is 11.1 Å². The highest BCUT2D eigenvalue weighted by Gasteiger charge is 2.13. The Morgan fingerprint density at radius 2 is 2.07 bits per heavy atom. The monoisotopic (exact) mass is 360 g/mol. The molecule has 4 N–H and O–H groups in total. The van der Waals surface area contributed by atoms with Gasteiger partial charge in [0.25, 0.3) is 11.3 Å². The predicted octanol–water partition coefficient (Wildman–Crippen LogP) is 2.52. The first kappa shape index (κ1) is 16.8. The summed E-state index contributed by atoms with van der Waals surface area (Å²) in [5.41, 5.74) is 10.0. The summed E-state index contributed by atoms with van der Waals surface area (Å²) in [5, 5.41) is 6.26. The van der Waals surface area contributed by atoms with Crippen molar-refractivity contribution in [3.05, 3.63) is 87.8 Å². The molecule has 2 heterocycles. The van der Waals surface area contributed by atoms with Gasteiger partial charge >= 0.3 is 0 Å². The molecular weight excluding hydrogens is 340 g/mol. The van der Waals surface area contributed by atoms with Gasteiger partial charge in [-0.1, -0.05) is 35.9 Å². The van der Waals surface area contributed by atoms with Crippen LogP contribution in [0.4, 0.5) is 5.69 Å². The van der Waals surface area contributed by atoms with Crippen LogP contribution in [0.15, 0.2) is 65.1 Å². The van der Waals surface area contributed by atoms with Gasteiger partial charge in [-0.05, 0) is 31.6 Å². The Morgan fingerprint density at radius 3 is 2.89 bits per heavy atom. The van der Waals surface area contributed by atoms with Gasteiger partial charge in [-0.15, -0.1) is 0 Å². The number of allylic oxidation sites excluding steroid dienone is 5. The number of hydrogen-bond donors (Lipinski definition) is 3. The van der Waals surface area contributed by atoms with E-state index in [-0.39, 0.29) is 5.56 Å². The van der Waals surface area contributed by atoms with E-state index >= 15 is 0 Å². The maximum atomic E-state index is 12.4. The summed E-state index contributed by atoms with van der Waals surface area (Å²) in [6, 6.07) is 9.55. The average molecular weight is 360 g/mol. The van der Waals surface area contributed by atoms with E-state index in [1.165, 1.54) is 16.1 Å². The highest BCUT2D eigenvalue weighted by Crippen LogP contribution is 2.19. The number of H-pyrrole nitrogens is 1. The molecule has 0 saturated heterocycles. The maximum Gasteiger partial charge on any atom is 0.274 e. The molecule has 27 heavy (non-hydrogen) atoms. The number of rotatable bonds is 4. The Hall–Kier alpha value is -3.61. The lowest BCUT2D eigenvalue weighted by atomic mass is 10.1. The summed E-state index contributed by atoms with van der Waals surface area (Å²) in [6.07, 6.45) is 8.44. The third kappa shape index (κ3) is 3.52. The number of benzene rings is 1. The number of aromatic nitrogens is 4. The van der Waals surface area contributed by atoms with Crippen molar-refractivity contribution in [2.75, 3.05) is 5.32 Å². The van der Waals surface area contributed by atoms with E-state index < -0.39 is 0 Å². The second-order valence-electron chi connectivity index (χ2n) is 6.42. The van der Waals surface area contributed by atoms with Crippen LogP contribution in [-0.4, -0.2) is 19.6 Å².